The lowest BCUT2D eigenvalue weighted by Crippen LogP contribution is -2.47. The fraction of sp³-hybridized carbons (Fsp3) is 0.583. The first-order valence-electron chi connectivity index (χ1n) is 5.94. The van der Waals surface area contributed by atoms with Crippen molar-refractivity contribution in [3.8, 4) is 0 Å². The third kappa shape index (κ3) is 2.28. The predicted octanol–water partition coefficient (Wildman–Crippen LogP) is 0.365. The van der Waals surface area contributed by atoms with Crippen molar-refractivity contribution >= 4 is 11.8 Å². The van der Waals surface area contributed by atoms with Crippen molar-refractivity contribution in [3.05, 3.63) is 17.6 Å². The van der Waals surface area contributed by atoms with Gasteiger partial charge in [0.2, 0.25) is 0 Å². The lowest BCUT2D eigenvalue weighted by Gasteiger charge is -2.35. The van der Waals surface area contributed by atoms with Gasteiger partial charge in [-0.1, -0.05) is 0 Å². The van der Waals surface area contributed by atoms with E-state index in [1.54, 1.807) is 0 Å². The number of anilines is 1. The number of aliphatic hydroxyl groups excluding tert-OH is 1. The summed E-state index contributed by atoms with van der Waals surface area (Å²) in [5.41, 5.74) is 1.87. The molecular formula is C12H17N3O3. The zero-order chi connectivity index (χ0) is 13.3. The molecule has 1 saturated heterocycles. The molecule has 2 heterocycles. The van der Waals surface area contributed by atoms with Gasteiger partial charge in [0.15, 0.2) is 0 Å². The van der Waals surface area contributed by atoms with Gasteiger partial charge in [0, 0.05) is 24.3 Å². The molecule has 1 fully saturated rings. The second-order valence-electron chi connectivity index (χ2n) is 4.65. The van der Waals surface area contributed by atoms with Gasteiger partial charge in [0.25, 0.3) is 0 Å². The average molecular weight is 251 g/mol. The minimum atomic E-state index is -0.933. The van der Waals surface area contributed by atoms with E-state index in [0.717, 1.165) is 17.1 Å². The maximum absolute atomic E-state index is 10.9. The summed E-state index contributed by atoms with van der Waals surface area (Å²) in [6.45, 7) is 4.72. The number of β-amino-alcohol motifs (C(OH)–C–C–N with tert-alkyl or cyclic N) is 1. The van der Waals surface area contributed by atoms with E-state index in [4.69, 9.17) is 5.11 Å². The molecule has 0 aliphatic carbocycles. The van der Waals surface area contributed by atoms with Crippen LogP contribution in [0.3, 0.4) is 0 Å². The first-order valence-corrected chi connectivity index (χ1v) is 5.94. The van der Waals surface area contributed by atoms with Crippen LogP contribution in [-0.4, -0.2) is 45.3 Å². The monoisotopic (exact) mass is 251 g/mol. The predicted molar refractivity (Wildman–Crippen MR) is 65.5 cm³/mol. The summed E-state index contributed by atoms with van der Waals surface area (Å²) in [5, 5.41) is 18.8. The normalized spacial score (nSPS) is 24.1. The molecule has 6 nitrogen and oxygen atoms in total. The molecule has 0 radical (unpaired) electrons. The summed E-state index contributed by atoms with van der Waals surface area (Å²) < 4.78 is 0. The van der Waals surface area contributed by atoms with E-state index in [1.807, 2.05) is 18.7 Å². The molecule has 1 aromatic heterocycles. The van der Waals surface area contributed by atoms with Gasteiger partial charge in [0.05, 0.1) is 12.0 Å². The van der Waals surface area contributed by atoms with Crippen molar-refractivity contribution in [2.45, 2.75) is 26.4 Å². The number of hydrogen-bond acceptors (Lipinski definition) is 5. The fourth-order valence-corrected chi connectivity index (χ4v) is 2.26. The standard InChI is InChI=1S/C12H17N3O3/c1-7-8(2)13-6-14-11(7)15-4-3-9(12(17)18)10(16)5-15/h6,9-10,16H,3-5H2,1-2H3,(H,17,18)/t9-,10+/m0/s1. The van der Waals surface area contributed by atoms with Crippen molar-refractivity contribution in [1.29, 1.82) is 0 Å². The number of piperidine rings is 1. The number of aliphatic hydroxyl groups is 1. The number of carbonyl (C=O) groups is 1. The van der Waals surface area contributed by atoms with Gasteiger partial charge in [-0.25, -0.2) is 9.97 Å². The van der Waals surface area contributed by atoms with E-state index in [2.05, 4.69) is 9.97 Å². The van der Waals surface area contributed by atoms with Crippen molar-refractivity contribution in [2.75, 3.05) is 18.0 Å². The smallest absolute Gasteiger partial charge is 0.309 e. The third-order valence-corrected chi connectivity index (χ3v) is 3.51. The molecule has 0 aromatic carbocycles. The quantitative estimate of drug-likeness (QED) is 0.789. The molecule has 2 N–H and O–H groups in total. The van der Waals surface area contributed by atoms with E-state index >= 15 is 0 Å². The summed E-state index contributed by atoms with van der Waals surface area (Å²) in [4.78, 5) is 21.2. The van der Waals surface area contributed by atoms with E-state index in [-0.39, 0.29) is 0 Å². The Morgan fingerprint density at radius 2 is 2.17 bits per heavy atom. The first kappa shape index (κ1) is 12.8. The van der Waals surface area contributed by atoms with E-state index in [1.165, 1.54) is 6.33 Å². The van der Waals surface area contributed by atoms with Crippen molar-refractivity contribution in [1.82, 2.24) is 9.97 Å². The van der Waals surface area contributed by atoms with Gasteiger partial charge in [-0.2, -0.15) is 0 Å². The molecule has 0 spiro atoms. The summed E-state index contributed by atoms with van der Waals surface area (Å²) in [5.74, 6) is -0.826. The zero-order valence-corrected chi connectivity index (χ0v) is 10.5. The molecule has 0 saturated carbocycles. The number of carboxylic acid groups (broad SMARTS) is 1. The number of aromatic nitrogens is 2. The number of hydrogen-bond donors (Lipinski definition) is 2. The van der Waals surface area contributed by atoms with Crippen molar-refractivity contribution in [2.24, 2.45) is 5.92 Å². The topological polar surface area (TPSA) is 86.6 Å². The summed E-state index contributed by atoms with van der Waals surface area (Å²) >= 11 is 0. The van der Waals surface area contributed by atoms with Gasteiger partial charge in [0.1, 0.15) is 12.1 Å². The van der Waals surface area contributed by atoms with E-state index in [0.29, 0.717) is 19.5 Å². The minimum Gasteiger partial charge on any atom is -0.481 e. The molecule has 98 valence electrons. The van der Waals surface area contributed by atoms with Gasteiger partial charge in [-0.3, -0.25) is 4.79 Å². The van der Waals surface area contributed by atoms with Crippen LogP contribution in [0.1, 0.15) is 17.7 Å². The summed E-state index contributed by atoms with van der Waals surface area (Å²) in [6, 6.07) is 0. The van der Waals surface area contributed by atoms with Gasteiger partial charge in [-0.05, 0) is 20.3 Å². The van der Waals surface area contributed by atoms with Gasteiger partial charge >= 0.3 is 5.97 Å². The van der Waals surface area contributed by atoms with Crippen LogP contribution < -0.4 is 4.90 Å². The Hall–Kier alpha value is -1.69. The zero-order valence-electron chi connectivity index (χ0n) is 10.5. The van der Waals surface area contributed by atoms with Crippen LogP contribution in [-0.2, 0) is 4.79 Å². The number of aliphatic carboxylic acids is 1. The van der Waals surface area contributed by atoms with Gasteiger partial charge < -0.3 is 15.1 Å². The van der Waals surface area contributed by atoms with Crippen LogP contribution >= 0.6 is 0 Å². The van der Waals surface area contributed by atoms with Crippen LogP contribution in [0.15, 0.2) is 6.33 Å². The molecule has 1 aliphatic rings. The van der Waals surface area contributed by atoms with Crippen molar-refractivity contribution in [3.63, 3.8) is 0 Å². The molecule has 2 atom stereocenters. The molecule has 0 amide bonds. The molecule has 1 aromatic rings. The Bertz CT molecular complexity index is 464. The lowest BCUT2D eigenvalue weighted by molar-refractivity contribution is -0.146. The van der Waals surface area contributed by atoms with Crippen LogP contribution in [0.25, 0.3) is 0 Å². The Morgan fingerprint density at radius 3 is 2.78 bits per heavy atom. The number of carboxylic acids is 1. The number of rotatable bonds is 2. The average Bonchev–Trinajstić information content (AvgIpc) is 2.32. The van der Waals surface area contributed by atoms with Gasteiger partial charge in [-0.15, -0.1) is 0 Å². The lowest BCUT2D eigenvalue weighted by atomic mass is 9.94. The molecule has 1 aliphatic heterocycles. The Morgan fingerprint density at radius 1 is 1.44 bits per heavy atom. The largest absolute Gasteiger partial charge is 0.481 e. The van der Waals surface area contributed by atoms with Crippen LogP contribution in [0.5, 0.6) is 0 Å². The number of nitrogens with zero attached hydrogens (tertiary/aromatic N) is 3. The first-order chi connectivity index (χ1) is 8.50. The Kier molecular flexibility index (Phi) is 3.47. The molecule has 0 bridgehead atoms. The molecule has 2 rings (SSSR count). The second-order valence-corrected chi connectivity index (χ2v) is 4.65. The highest BCUT2D eigenvalue weighted by Gasteiger charge is 2.33. The Balaban J connectivity index is 2.17. The highest BCUT2D eigenvalue weighted by atomic mass is 16.4. The van der Waals surface area contributed by atoms with Crippen LogP contribution in [0.2, 0.25) is 0 Å². The van der Waals surface area contributed by atoms with Crippen LogP contribution in [0.4, 0.5) is 5.82 Å². The van der Waals surface area contributed by atoms with Crippen molar-refractivity contribution < 1.29 is 15.0 Å². The maximum Gasteiger partial charge on any atom is 0.309 e. The maximum atomic E-state index is 10.9. The molecule has 0 unspecified atom stereocenters. The van der Waals surface area contributed by atoms with Crippen LogP contribution in [0, 0.1) is 19.8 Å². The van der Waals surface area contributed by atoms with E-state index in [9.17, 15) is 9.90 Å². The highest BCUT2D eigenvalue weighted by Crippen LogP contribution is 2.25. The highest BCUT2D eigenvalue weighted by molar-refractivity contribution is 5.71. The minimum absolute atomic E-state index is 0.300. The third-order valence-electron chi connectivity index (χ3n) is 3.51. The number of aryl methyl sites for hydroxylation is 1. The Labute approximate surface area is 105 Å². The molecule has 18 heavy (non-hydrogen) atoms. The summed E-state index contributed by atoms with van der Waals surface area (Å²) in [6.07, 6.45) is 1.07. The second kappa shape index (κ2) is 4.89. The SMILES string of the molecule is Cc1ncnc(N2CC[C@H](C(=O)O)[C@H](O)C2)c1C. The summed E-state index contributed by atoms with van der Waals surface area (Å²) in [7, 11) is 0. The molecular weight excluding hydrogens is 234 g/mol. The van der Waals surface area contributed by atoms with E-state index < -0.39 is 18.0 Å². The fourth-order valence-electron chi connectivity index (χ4n) is 2.26. The molecule has 6 heteroatoms.